The summed E-state index contributed by atoms with van der Waals surface area (Å²) in [6.07, 6.45) is 0.104. The minimum absolute atomic E-state index is 0.0411. The number of nitrogens with zero attached hydrogens (tertiary/aromatic N) is 3. The van der Waals surface area contributed by atoms with Crippen LogP contribution in [0.3, 0.4) is 0 Å². The number of H-pyrrole nitrogens is 1. The van der Waals surface area contributed by atoms with Gasteiger partial charge in [-0.15, -0.1) is 0 Å². The van der Waals surface area contributed by atoms with Crippen LogP contribution in [0.25, 0.3) is 22.2 Å². The molecule has 184 valence electrons. The standard InChI is InChI=1S/C25H26F3N5O2/c1-12-6-15(17-4-5-31-23-19(17)16(8-29)9-32-23)7-18(26)20(12)25(35)13(2)10-33(11-14(25)3)24(34)21(30)22(27)28/h4-7,9,13-14,21-22,35H,10-11,30H2,1-3H3,(H,31,32)/t13-,14+,21?,25?. The molecule has 0 saturated carbocycles. The number of hydrogen-bond acceptors (Lipinski definition) is 5. The normalized spacial score (nSPS) is 23.5. The predicted octanol–water partition coefficient (Wildman–Crippen LogP) is 3.44. The zero-order valence-corrected chi connectivity index (χ0v) is 19.5. The summed E-state index contributed by atoms with van der Waals surface area (Å²) in [5, 5.41) is 21.8. The molecule has 1 aliphatic rings. The number of rotatable bonds is 4. The topological polar surface area (TPSA) is 119 Å². The van der Waals surface area contributed by atoms with E-state index in [-0.39, 0.29) is 18.7 Å². The first-order valence-electron chi connectivity index (χ1n) is 11.2. The molecule has 1 saturated heterocycles. The first-order chi connectivity index (χ1) is 16.5. The number of hydrogen-bond donors (Lipinski definition) is 3. The van der Waals surface area contributed by atoms with Gasteiger partial charge in [-0.05, 0) is 35.7 Å². The second kappa shape index (κ2) is 8.98. The Morgan fingerprint density at radius 2 is 2.00 bits per heavy atom. The first kappa shape index (κ1) is 24.7. The predicted molar refractivity (Wildman–Crippen MR) is 124 cm³/mol. The third-order valence-corrected chi connectivity index (χ3v) is 7.05. The molecule has 7 nitrogen and oxygen atoms in total. The number of nitriles is 1. The quantitative estimate of drug-likeness (QED) is 0.523. The molecule has 2 aromatic heterocycles. The van der Waals surface area contributed by atoms with E-state index in [1.165, 1.54) is 11.0 Å². The largest absolute Gasteiger partial charge is 0.384 e. The monoisotopic (exact) mass is 485 g/mol. The van der Waals surface area contributed by atoms with Crippen LogP contribution in [0.1, 0.15) is 30.5 Å². The van der Waals surface area contributed by atoms with Crippen LogP contribution in [-0.2, 0) is 10.4 Å². The lowest BCUT2D eigenvalue weighted by Crippen LogP contribution is -2.59. The zero-order chi connectivity index (χ0) is 25.7. The number of pyridine rings is 1. The second-order valence-electron chi connectivity index (χ2n) is 9.28. The van der Waals surface area contributed by atoms with Crippen molar-refractivity contribution in [2.45, 2.75) is 38.8 Å². The van der Waals surface area contributed by atoms with Gasteiger partial charge in [-0.2, -0.15) is 5.26 Å². The van der Waals surface area contributed by atoms with Crippen molar-refractivity contribution in [1.29, 1.82) is 5.26 Å². The Balaban J connectivity index is 1.74. The lowest BCUT2D eigenvalue weighted by atomic mass is 9.69. The Labute approximate surface area is 200 Å². The molecule has 35 heavy (non-hydrogen) atoms. The molecule has 0 radical (unpaired) electrons. The van der Waals surface area contributed by atoms with E-state index in [1.807, 2.05) is 0 Å². The van der Waals surface area contributed by atoms with Crippen LogP contribution in [0.4, 0.5) is 13.2 Å². The van der Waals surface area contributed by atoms with E-state index in [4.69, 9.17) is 5.73 Å². The summed E-state index contributed by atoms with van der Waals surface area (Å²) in [6, 6.07) is 4.91. The van der Waals surface area contributed by atoms with Crippen molar-refractivity contribution < 1.29 is 23.1 Å². The Bertz CT molecular complexity index is 1300. The molecule has 2 unspecified atom stereocenters. The number of fused-ring (bicyclic) bond motifs is 1. The molecular weight excluding hydrogens is 459 g/mol. The van der Waals surface area contributed by atoms with E-state index < -0.39 is 41.6 Å². The van der Waals surface area contributed by atoms with Crippen molar-refractivity contribution in [2.75, 3.05) is 13.1 Å². The number of nitrogens with two attached hydrogens (primary N) is 1. The number of amides is 1. The first-order valence-corrected chi connectivity index (χ1v) is 11.2. The number of piperidine rings is 1. The molecule has 0 spiro atoms. The molecule has 10 heteroatoms. The highest BCUT2D eigenvalue weighted by molar-refractivity contribution is 5.97. The average molecular weight is 486 g/mol. The molecule has 3 aromatic rings. The molecule has 0 aliphatic carbocycles. The van der Waals surface area contributed by atoms with E-state index >= 15 is 4.39 Å². The van der Waals surface area contributed by atoms with Crippen LogP contribution in [-0.4, -0.2) is 51.4 Å². The van der Waals surface area contributed by atoms with Crippen molar-refractivity contribution in [1.82, 2.24) is 14.9 Å². The summed E-state index contributed by atoms with van der Waals surface area (Å²) in [4.78, 5) is 20.7. The Morgan fingerprint density at radius 3 is 2.57 bits per heavy atom. The van der Waals surface area contributed by atoms with Crippen LogP contribution in [0.2, 0.25) is 0 Å². The summed E-state index contributed by atoms with van der Waals surface area (Å²) >= 11 is 0. The number of alkyl halides is 2. The van der Waals surface area contributed by atoms with Gasteiger partial charge in [0.05, 0.1) is 5.56 Å². The number of halogens is 3. The third kappa shape index (κ3) is 3.94. The molecule has 1 fully saturated rings. The summed E-state index contributed by atoms with van der Waals surface area (Å²) in [6.45, 7) is 4.91. The fraction of sp³-hybridized carbons (Fsp3) is 0.400. The van der Waals surface area contributed by atoms with E-state index in [2.05, 4.69) is 16.0 Å². The highest BCUT2D eigenvalue weighted by Gasteiger charge is 2.49. The molecular formula is C25H26F3N5O2. The summed E-state index contributed by atoms with van der Waals surface area (Å²) in [5.41, 5.74) is 6.32. The van der Waals surface area contributed by atoms with Crippen molar-refractivity contribution in [2.24, 2.45) is 17.6 Å². The van der Waals surface area contributed by atoms with E-state index in [9.17, 15) is 23.9 Å². The van der Waals surface area contributed by atoms with Crippen LogP contribution < -0.4 is 5.73 Å². The molecule has 1 aliphatic heterocycles. The second-order valence-corrected chi connectivity index (χ2v) is 9.28. The minimum atomic E-state index is -3.00. The van der Waals surface area contributed by atoms with E-state index in [1.54, 1.807) is 45.3 Å². The van der Waals surface area contributed by atoms with Gasteiger partial charge in [-0.25, -0.2) is 18.2 Å². The van der Waals surface area contributed by atoms with Crippen molar-refractivity contribution in [3.63, 3.8) is 0 Å². The molecule has 0 bridgehead atoms. The lowest BCUT2D eigenvalue weighted by Gasteiger charge is -2.49. The summed E-state index contributed by atoms with van der Waals surface area (Å²) in [7, 11) is 0. The van der Waals surface area contributed by atoms with Gasteiger partial charge in [0, 0.05) is 48.3 Å². The van der Waals surface area contributed by atoms with Crippen molar-refractivity contribution in [3.8, 4) is 17.2 Å². The van der Waals surface area contributed by atoms with Gasteiger partial charge >= 0.3 is 0 Å². The highest BCUT2D eigenvalue weighted by Crippen LogP contribution is 2.45. The summed E-state index contributed by atoms with van der Waals surface area (Å²) in [5.74, 6) is -2.83. The lowest BCUT2D eigenvalue weighted by molar-refractivity contribution is -0.153. The SMILES string of the molecule is Cc1cc(-c2ccnc3[nH]cc(C#N)c23)cc(F)c1C1(O)[C@H](C)CN(C(=O)C(N)C(F)F)C[C@@H]1C. The van der Waals surface area contributed by atoms with Crippen LogP contribution >= 0.6 is 0 Å². The van der Waals surface area contributed by atoms with Gasteiger partial charge in [0.25, 0.3) is 6.43 Å². The van der Waals surface area contributed by atoms with Gasteiger partial charge < -0.3 is 20.7 Å². The number of benzene rings is 1. The Morgan fingerprint density at radius 1 is 1.34 bits per heavy atom. The maximum Gasteiger partial charge on any atom is 0.262 e. The fourth-order valence-corrected chi connectivity index (χ4v) is 5.28. The average Bonchev–Trinajstić information content (AvgIpc) is 3.24. The van der Waals surface area contributed by atoms with Gasteiger partial charge in [-0.1, -0.05) is 19.9 Å². The van der Waals surface area contributed by atoms with Crippen LogP contribution in [0, 0.1) is 35.9 Å². The molecule has 1 aromatic carbocycles. The smallest absolute Gasteiger partial charge is 0.262 e. The van der Waals surface area contributed by atoms with Crippen LogP contribution in [0.5, 0.6) is 0 Å². The molecule has 4 rings (SSSR count). The number of likely N-dealkylation sites (tertiary alicyclic amines) is 1. The maximum absolute atomic E-state index is 15.7. The van der Waals surface area contributed by atoms with E-state index in [0.29, 0.717) is 33.3 Å². The maximum atomic E-state index is 15.7. The fourth-order valence-electron chi connectivity index (χ4n) is 5.28. The van der Waals surface area contributed by atoms with E-state index in [0.717, 1.165) is 0 Å². The number of aryl methyl sites for hydroxylation is 1. The van der Waals surface area contributed by atoms with Crippen molar-refractivity contribution in [3.05, 3.63) is 53.1 Å². The zero-order valence-electron chi connectivity index (χ0n) is 19.5. The van der Waals surface area contributed by atoms with Gasteiger partial charge in [0.2, 0.25) is 5.91 Å². The van der Waals surface area contributed by atoms with Crippen LogP contribution in [0.15, 0.2) is 30.6 Å². The minimum Gasteiger partial charge on any atom is -0.384 e. The molecule has 3 heterocycles. The third-order valence-electron chi connectivity index (χ3n) is 7.05. The summed E-state index contributed by atoms with van der Waals surface area (Å²) < 4.78 is 41.6. The number of aromatic nitrogens is 2. The Kier molecular flexibility index (Phi) is 6.34. The van der Waals surface area contributed by atoms with Crippen molar-refractivity contribution >= 4 is 16.9 Å². The van der Waals surface area contributed by atoms with Gasteiger partial charge in [-0.3, -0.25) is 4.79 Å². The number of carbonyl (C=O) groups excluding carboxylic acids is 1. The molecule has 4 atom stereocenters. The number of nitrogens with one attached hydrogen (secondary N) is 1. The Hall–Kier alpha value is -3.42. The number of aliphatic hydroxyl groups is 1. The van der Waals surface area contributed by atoms with Gasteiger partial charge in [0.1, 0.15) is 29.2 Å². The number of aromatic amines is 1. The molecule has 4 N–H and O–H groups in total. The van der Waals surface area contributed by atoms with Gasteiger partial charge in [0.15, 0.2) is 0 Å². The highest BCUT2D eigenvalue weighted by atomic mass is 19.3. The molecule has 1 amide bonds. The number of carbonyl (C=O) groups is 1.